The van der Waals surface area contributed by atoms with E-state index in [1.165, 1.54) is 11.1 Å². The van der Waals surface area contributed by atoms with Gasteiger partial charge >= 0.3 is 0 Å². The van der Waals surface area contributed by atoms with E-state index in [0.717, 1.165) is 51.6 Å². The van der Waals surface area contributed by atoms with Gasteiger partial charge in [0.1, 0.15) is 0 Å². The fourth-order valence-corrected chi connectivity index (χ4v) is 3.18. The van der Waals surface area contributed by atoms with E-state index in [9.17, 15) is 0 Å². The zero-order chi connectivity index (χ0) is 17.2. The molecular formula is C19H33IN4O. The first-order chi connectivity index (χ1) is 11.8. The maximum atomic E-state index is 5.35. The summed E-state index contributed by atoms with van der Waals surface area (Å²) in [6, 6.07) is 9.33. The molecule has 1 aliphatic heterocycles. The monoisotopic (exact) mass is 460 g/mol. The summed E-state index contributed by atoms with van der Waals surface area (Å²) in [5.41, 5.74) is 2.98. The van der Waals surface area contributed by atoms with Crippen molar-refractivity contribution in [3.8, 4) is 0 Å². The first-order valence-corrected chi connectivity index (χ1v) is 9.11. The molecule has 0 saturated carbocycles. The topological polar surface area (TPSA) is 48.9 Å². The molecule has 0 aromatic heterocycles. The highest BCUT2D eigenvalue weighted by Crippen LogP contribution is 2.21. The lowest BCUT2D eigenvalue weighted by Gasteiger charge is -2.35. The molecule has 0 bridgehead atoms. The van der Waals surface area contributed by atoms with Crippen LogP contribution in [0.15, 0.2) is 29.3 Å². The lowest BCUT2D eigenvalue weighted by molar-refractivity contribution is 0.152. The molecule has 6 heteroatoms. The van der Waals surface area contributed by atoms with E-state index >= 15 is 0 Å². The van der Waals surface area contributed by atoms with Crippen molar-refractivity contribution in [3.63, 3.8) is 0 Å². The molecule has 1 aliphatic rings. The van der Waals surface area contributed by atoms with Crippen molar-refractivity contribution in [2.75, 3.05) is 39.9 Å². The summed E-state index contributed by atoms with van der Waals surface area (Å²) in [6.45, 7) is 9.60. The van der Waals surface area contributed by atoms with Crippen LogP contribution in [0, 0.1) is 0 Å². The van der Waals surface area contributed by atoms with Gasteiger partial charge in [0.05, 0.1) is 6.61 Å². The summed E-state index contributed by atoms with van der Waals surface area (Å²) in [5.74, 6) is 0.852. The predicted octanol–water partition coefficient (Wildman–Crippen LogP) is 2.64. The molecule has 0 saturated heterocycles. The van der Waals surface area contributed by atoms with E-state index in [2.05, 4.69) is 51.7 Å². The van der Waals surface area contributed by atoms with E-state index in [-0.39, 0.29) is 24.0 Å². The maximum absolute atomic E-state index is 5.35. The molecule has 1 aromatic rings. The number of hydrogen-bond donors (Lipinski definition) is 2. The molecule has 25 heavy (non-hydrogen) atoms. The highest BCUT2D eigenvalue weighted by atomic mass is 127. The molecule has 1 unspecified atom stereocenters. The summed E-state index contributed by atoms with van der Waals surface area (Å²) < 4.78 is 5.35. The van der Waals surface area contributed by atoms with Crippen molar-refractivity contribution >= 4 is 29.9 Å². The quantitative estimate of drug-likeness (QED) is 0.271. The molecule has 1 atom stereocenters. The highest BCUT2D eigenvalue weighted by molar-refractivity contribution is 14.0. The number of nitrogens with one attached hydrogen (secondary N) is 2. The van der Waals surface area contributed by atoms with Crippen LogP contribution in [0.4, 0.5) is 0 Å². The molecule has 0 radical (unpaired) electrons. The molecular weight excluding hydrogens is 427 g/mol. The summed E-state index contributed by atoms with van der Waals surface area (Å²) in [4.78, 5) is 6.88. The Morgan fingerprint density at radius 2 is 2.00 bits per heavy atom. The Morgan fingerprint density at radius 3 is 2.68 bits per heavy atom. The highest BCUT2D eigenvalue weighted by Gasteiger charge is 2.22. The van der Waals surface area contributed by atoms with Crippen molar-refractivity contribution in [1.82, 2.24) is 15.5 Å². The average molecular weight is 460 g/mol. The van der Waals surface area contributed by atoms with E-state index in [0.29, 0.717) is 12.6 Å². The van der Waals surface area contributed by atoms with Gasteiger partial charge in [-0.15, -0.1) is 24.0 Å². The molecule has 5 nitrogen and oxygen atoms in total. The third kappa shape index (κ3) is 7.11. The lowest BCUT2D eigenvalue weighted by Crippen LogP contribution is -2.48. The predicted molar refractivity (Wildman–Crippen MR) is 116 cm³/mol. The third-order valence-corrected chi connectivity index (χ3v) is 4.62. The molecule has 142 valence electrons. The summed E-state index contributed by atoms with van der Waals surface area (Å²) in [5, 5.41) is 6.76. The number of nitrogens with zero attached hydrogens (tertiary/aromatic N) is 2. The first kappa shape index (κ1) is 22.2. The second kappa shape index (κ2) is 12.5. The summed E-state index contributed by atoms with van der Waals surface area (Å²) in [7, 11) is 1.81. The van der Waals surface area contributed by atoms with Crippen LogP contribution in [0.25, 0.3) is 0 Å². The Balaban J connectivity index is 0.00000312. The average Bonchev–Trinajstić information content (AvgIpc) is 2.63. The van der Waals surface area contributed by atoms with Gasteiger partial charge in [0.2, 0.25) is 0 Å². The van der Waals surface area contributed by atoms with Gasteiger partial charge in [0.25, 0.3) is 0 Å². The van der Waals surface area contributed by atoms with Crippen LogP contribution in [-0.4, -0.2) is 56.8 Å². The number of benzene rings is 1. The minimum Gasteiger partial charge on any atom is -0.380 e. The molecule has 1 aromatic carbocycles. The van der Waals surface area contributed by atoms with Crippen LogP contribution in [0.2, 0.25) is 0 Å². The van der Waals surface area contributed by atoms with Gasteiger partial charge in [-0.3, -0.25) is 9.89 Å². The fraction of sp³-hybridized carbons (Fsp3) is 0.632. The molecule has 0 fully saturated rings. The van der Waals surface area contributed by atoms with Crippen LogP contribution in [-0.2, 0) is 17.7 Å². The van der Waals surface area contributed by atoms with Crippen molar-refractivity contribution in [3.05, 3.63) is 35.4 Å². The molecule has 2 rings (SSSR count). The Bertz CT molecular complexity index is 524. The van der Waals surface area contributed by atoms with E-state index < -0.39 is 0 Å². The number of rotatable bonds is 8. The van der Waals surface area contributed by atoms with Gasteiger partial charge in [-0.25, -0.2) is 0 Å². The maximum Gasteiger partial charge on any atom is 0.191 e. The van der Waals surface area contributed by atoms with E-state index in [1.807, 2.05) is 14.0 Å². The first-order valence-electron chi connectivity index (χ1n) is 9.11. The fourth-order valence-electron chi connectivity index (χ4n) is 3.18. The van der Waals surface area contributed by atoms with Crippen LogP contribution in [0.5, 0.6) is 0 Å². The molecule has 1 heterocycles. The largest absolute Gasteiger partial charge is 0.380 e. The molecule has 2 N–H and O–H groups in total. The van der Waals surface area contributed by atoms with Gasteiger partial charge in [0, 0.05) is 45.9 Å². The smallest absolute Gasteiger partial charge is 0.191 e. The minimum atomic E-state index is 0. The van der Waals surface area contributed by atoms with Crippen molar-refractivity contribution in [2.45, 2.75) is 39.3 Å². The standard InChI is InChI=1S/C19H32N4O.HI/c1-4-18(14-22-19(20-3)21-11-13-24-5-2)23-12-10-16-8-6-7-9-17(16)15-23;/h6-9,18H,4-5,10-15H2,1-3H3,(H2,20,21,22);1H. The normalized spacial score (nSPS) is 15.9. The number of aliphatic imine (C=N–C) groups is 1. The van der Waals surface area contributed by atoms with Crippen molar-refractivity contribution in [2.24, 2.45) is 4.99 Å². The molecule has 0 amide bonds. The second-order valence-electron chi connectivity index (χ2n) is 6.13. The Morgan fingerprint density at radius 1 is 1.24 bits per heavy atom. The Kier molecular flexibility index (Phi) is 11.1. The van der Waals surface area contributed by atoms with Gasteiger partial charge in [-0.05, 0) is 30.9 Å². The van der Waals surface area contributed by atoms with Gasteiger partial charge in [-0.1, -0.05) is 31.2 Å². The number of ether oxygens (including phenoxy) is 1. The number of halogens is 1. The number of fused-ring (bicyclic) bond motifs is 1. The van der Waals surface area contributed by atoms with E-state index in [1.54, 1.807) is 0 Å². The summed E-state index contributed by atoms with van der Waals surface area (Å²) >= 11 is 0. The van der Waals surface area contributed by atoms with Crippen LogP contribution in [0.3, 0.4) is 0 Å². The minimum absolute atomic E-state index is 0. The van der Waals surface area contributed by atoms with Gasteiger partial charge in [-0.2, -0.15) is 0 Å². The number of guanidine groups is 1. The zero-order valence-corrected chi connectivity index (χ0v) is 18.1. The molecule has 0 aliphatic carbocycles. The van der Waals surface area contributed by atoms with Crippen LogP contribution >= 0.6 is 24.0 Å². The second-order valence-corrected chi connectivity index (χ2v) is 6.13. The third-order valence-electron chi connectivity index (χ3n) is 4.62. The van der Waals surface area contributed by atoms with Crippen molar-refractivity contribution in [1.29, 1.82) is 0 Å². The molecule has 0 spiro atoms. The lowest BCUT2D eigenvalue weighted by atomic mass is 9.98. The number of hydrogen-bond acceptors (Lipinski definition) is 3. The van der Waals surface area contributed by atoms with E-state index in [4.69, 9.17) is 4.74 Å². The van der Waals surface area contributed by atoms with Gasteiger partial charge < -0.3 is 15.4 Å². The Labute approximate surface area is 169 Å². The SMILES string of the molecule is CCOCCNC(=NC)NCC(CC)N1CCc2ccccc2C1.I. The van der Waals surface area contributed by atoms with Crippen LogP contribution < -0.4 is 10.6 Å². The summed E-state index contributed by atoms with van der Waals surface area (Å²) in [6.07, 6.45) is 2.28. The van der Waals surface area contributed by atoms with Crippen molar-refractivity contribution < 1.29 is 4.74 Å². The Hall–Kier alpha value is -0.860. The van der Waals surface area contributed by atoms with Crippen LogP contribution in [0.1, 0.15) is 31.4 Å². The zero-order valence-electron chi connectivity index (χ0n) is 15.8. The van der Waals surface area contributed by atoms with Gasteiger partial charge in [0.15, 0.2) is 5.96 Å².